The number of amides is 1. The second-order valence-corrected chi connectivity index (χ2v) is 7.67. The van der Waals surface area contributed by atoms with Crippen molar-refractivity contribution < 1.29 is 9.72 Å². The number of nitrogens with zero attached hydrogens (tertiary/aromatic N) is 3. The maximum atomic E-state index is 12.8. The molecular weight excluding hydrogens is 296 g/mol. The van der Waals surface area contributed by atoms with Gasteiger partial charge in [0.15, 0.2) is 0 Å². The van der Waals surface area contributed by atoms with Crippen molar-refractivity contribution in [1.29, 1.82) is 0 Å². The van der Waals surface area contributed by atoms with Gasteiger partial charge in [-0.2, -0.15) is 5.10 Å². The fourth-order valence-electron chi connectivity index (χ4n) is 5.43. The minimum atomic E-state index is -0.461. The molecule has 1 heterocycles. The summed E-state index contributed by atoms with van der Waals surface area (Å²) >= 11 is 0. The summed E-state index contributed by atoms with van der Waals surface area (Å²) in [7, 11) is 0. The largest absolute Gasteiger partial charge is 0.354 e. The molecule has 0 spiro atoms. The Morgan fingerprint density at radius 3 is 2.43 bits per heavy atom. The number of carbonyl (C=O) groups is 1. The highest BCUT2D eigenvalue weighted by atomic mass is 16.6. The molecule has 1 amide bonds. The van der Waals surface area contributed by atoms with Gasteiger partial charge in [0, 0.05) is 12.0 Å². The Morgan fingerprint density at radius 2 is 1.91 bits per heavy atom. The van der Waals surface area contributed by atoms with Gasteiger partial charge in [-0.25, -0.2) is 0 Å². The molecule has 0 aromatic carbocycles. The van der Waals surface area contributed by atoms with Crippen molar-refractivity contribution in [1.82, 2.24) is 15.1 Å². The predicted molar refractivity (Wildman–Crippen MR) is 82.5 cm³/mol. The average Bonchev–Trinajstić information content (AvgIpc) is 2.95. The lowest BCUT2D eigenvalue weighted by molar-refractivity contribution is -0.385. The Morgan fingerprint density at radius 1 is 1.30 bits per heavy atom. The van der Waals surface area contributed by atoms with Crippen molar-refractivity contribution in [2.24, 2.45) is 23.2 Å². The normalized spacial score (nSPS) is 34.5. The van der Waals surface area contributed by atoms with Crippen LogP contribution in [0.2, 0.25) is 0 Å². The molecule has 1 aromatic heterocycles. The summed E-state index contributed by atoms with van der Waals surface area (Å²) in [4.78, 5) is 22.9. The summed E-state index contributed by atoms with van der Waals surface area (Å²) < 4.78 is 1.51. The lowest BCUT2D eigenvalue weighted by atomic mass is 9.49. The van der Waals surface area contributed by atoms with Crippen LogP contribution < -0.4 is 5.32 Å². The number of carbonyl (C=O) groups excluding carboxylic acids is 1. The topological polar surface area (TPSA) is 90.1 Å². The van der Waals surface area contributed by atoms with Crippen molar-refractivity contribution >= 4 is 11.6 Å². The Bertz CT molecular complexity index is 604. The molecule has 124 valence electrons. The van der Waals surface area contributed by atoms with E-state index in [1.807, 2.05) is 0 Å². The van der Waals surface area contributed by atoms with E-state index in [1.54, 1.807) is 0 Å². The van der Waals surface area contributed by atoms with Crippen molar-refractivity contribution in [2.75, 3.05) is 6.54 Å². The Balaban J connectivity index is 1.34. The smallest absolute Gasteiger partial charge is 0.306 e. The van der Waals surface area contributed by atoms with Gasteiger partial charge >= 0.3 is 5.69 Å². The minimum Gasteiger partial charge on any atom is -0.354 e. The lowest BCUT2D eigenvalue weighted by Crippen LogP contribution is -2.53. The summed E-state index contributed by atoms with van der Waals surface area (Å²) in [5.41, 5.74) is -0.150. The van der Waals surface area contributed by atoms with Gasteiger partial charge in [-0.1, -0.05) is 0 Å². The van der Waals surface area contributed by atoms with E-state index >= 15 is 0 Å². The maximum absolute atomic E-state index is 12.8. The molecular formula is C16H22N4O3. The maximum Gasteiger partial charge on any atom is 0.306 e. The molecule has 1 N–H and O–H groups in total. The number of rotatable bonds is 5. The Labute approximate surface area is 134 Å². The van der Waals surface area contributed by atoms with Crippen molar-refractivity contribution in [3.05, 3.63) is 22.5 Å². The standard InChI is InChI=1S/C16H22N4O3/c21-15(17-1-2-19-10-14(9-18-19)20(22)23)16-6-11-3-12(7-16)5-13(4-11)8-16/h9-13H,1-8H2,(H,17,21). The minimum absolute atomic E-state index is 0.0163. The highest BCUT2D eigenvalue weighted by Crippen LogP contribution is 2.60. The molecule has 4 aliphatic carbocycles. The van der Waals surface area contributed by atoms with Gasteiger partial charge in [-0.15, -0.1) is 0 Å². The first kappa shape index (κ1) is 14.7. The van der Waals surface area contributed by atoms with E-state index in [4.69, 9.17) is 0 Å². The third-order valence-corrected chi connectivity index (χ3v) is 5.98. The van der Waals surface area contributed by atoms with Crippen LogP contribution in [0.3, 0.4) is 0 Å². The first-order chi connectivity index (χ1) is 11.0. The fourth-order valence-corrected chi connectivity index (χ4v) is 5.43. The number of nitro groups is 1. The van der Waals surface area contributed by atoms with E-state index in [2.05, 4.69) is 10.4 Å². The molecule has 4 fully saturated rings. The van der Waals surface area contributed by atoms with Crippen LogP contribution in [0.5, 0.6) is 0 Å². The molecule has 7 heteroatoms. The molecule has 23 heavy (non-hydrogen) atoms. The monoisotopic (exact) mass is 318 g/mol. The summed E-state index contributed by atoms with van der Waals surface area (Å²) in [5.74, 6) is 2.44. The molecule has 7 nitrogen and oxygen atoms in total. The zero-order chi connectivity index (χ0) is 16.0. The summed E-state index contributed by atoms with van der Waals surface area (Å²) in [6.07, 6.45) is 9.77. The van der Waals surface area contributed by atoms with Crippen LogP contribution in [0.4, 0.5) is 5.69 Å². The Hall–Kier alpha value is -1.92. The van der Waals surface area contributed by atoms with Gasteiger partial charge in [-0.3, -0.25) is 19.6 Å². The highest BCUT2D eigenvalue weighted by molar-refractivity contribution is 5.83. The lowest BCUT2D eigenvalue weighted by Gasteiger charge is -2.55. The van der Waals surface area contributed by atoms with Crippen molar-refractivity contribution in [3.63, 3.8) is 0 Å². The van der Waals surface area contributed by atoms with Crippen molar-refractivity contribution in [2.45, 2.75) is 45.1 Å². The van der Waals surface area contributed by atoms with Gasteiger partial charge in [0.25, 0.3) is 0 Å². The van der Waals surface area contributed by atoms with E-state index in [-0.39, 0.29) is 17.0 Å². The van der Waals surface area contributed by atoms with Crippen LogP contribution in [0.15, 0.2) is 12.4 Å². The van der Waals surface area contributed by atoms with Gasteiger partial charge < -0.3 is 5.32 Å². The zero-order valence-corrected chi connectivity index (χ0v) is 13.1. The third-order valence-electron chi connectivity index (χ3n) is 5.98. The van der Waals surface area contributed by atoms with Crippen LogP contribution in [-0.2, 0) is 11.3 Å². The van der Waals surface area contributed by atoms with Crippen LogP contribution >= 0.6 is 0 Å². The molecule has 0 saturated heterocycles. The van der Waals surface area contributed by atoms with Crippen LogP contribution in [0, 0.1) is 33.3 Å². The first-order valence-electron chi connectivity index (χ1n) is 8.49. The SMILES string of the molecule is O=C(NCCn1cc([N+](=O)[O-])cn1)C12CC3CC(CC(C3)C1)C2. The second kappa shape index (κ2) is 5.32. The third kappa shape index (κ3) is 2.62. The Kier molecular flexibility index (Phi) is 3.39. The van der Waals surface area contributed by atoms with E-state index in [9.17, 15) is 14.9 Å². The van der Waals surface area contributed by atoms with Gasteiger partial charge in [-0.05, 0) is 56.3 Å². The van der Waals surface area contributed by atoms with E-state index < -0.39 is 4.92 Å². The molecule has 4 aliphatic rings. The molecule has 4 bridgehead atoms. The van der Waals surface area contributed by atoms with Crippen LogP contribution in [-0.4, -0.2) is 27.2 Å². The predicted octanol–water partition coefficient (Wildman–Crippen LogP) is 2.12. The number of nitrogens with one attached hydrogen (secondary N) is 1. The molecule has 5 rings (SSSR count). The number of aromatic nitrogens is 2. The molecule has 0 radical (unpaired) electrons. The zero-order valence-electron chi connectivity index (χ0n) is 13.1. The molecule has 0 unspecified atom stereocenters. The second-order valence-electron chi connectivity index (χ2n) is 7.67. The van der Waals surface area contributed by atoms with Gasteiger partial charge in [0.2, 0.25) is 5.91 Å². The van der Waals surface area contributed by atoms with Gasteiger partial charge in [0.05, 0.1) is 11.5 Å². The van der Waals surface area contributed by atoms with Crippen LogP contribution in [0.1, 0.15) is 38.5 Å². The first-order valence-corrected chi connectivity index (χ1v) is 8.49. The van der Waals surface area contributed by atoms with E-state index in [0.29, 0.717) is 13.1 Å². The summed E-state index contributed by atoms with van der Waals surface area (Å²) in [6.45, 7) is 0.936. The van der Waals surface area contributed by atoms with E-state index in [1.165, 1.54) is 36.3 Å². The van der Waals surface area contributed by atoms with E-state index in [0.717, 1.165) is 37.0 Å². The molecule has 1 aromatic rings. The average molecular weight is 318 g/mol. The molecule has 0 aliphatic heterocycles. The number of hydrogen-bond acceptors (Lipinski definition) is 4. The molecule has 4 saturated carbocycles. The highest BCUT2D eigenvalue weighted by Gasteiger charge is 2.54. The van der Waals surface area contributed by atoms with Gasteiger partial charge in [0.1, 0.15) is 12.4 Å². The molecule has 0 atom stereocenters. The summed E-state index contributed by atoms with van der Waals surface area (Å²) in [5, 5.41) is 17.6. The summed E-state index contributed by atoms with van der Waals surface area (Å²) in [6, 6.07) is 0. The van der Waals surface area contributed by atoms with Crippen molar-refractivity contribution in [3.8, 4) is 0 Å². The quantitative estimate of drug-likeness (QED) is 0.665. The fraction of sp³-hybridized carbons (Fsp3) is 0.750. The number of hydrogen-bond donors (Lipinski definition) is 1. The van der Waals surface area contributed by atoms with Crippen LogP contribution in [0.25, 0.3) is 0 Å².